The van der Waals surface area contributed by atoms with Crippen molar-refractivity contribution in [1.82, 2.24) is 20.2 Å². The number of carbonyl (C=O) groups is 1. The number of aromatic nitrogens is 4. The average molecular weight is 321 g/mol. The zero-order chi connectivity index (χ0) is 15.7. The van der Waals surface area contributed by atoms with Gasteiger partial charge in [-0.15, -0.1) is 5.10 Å². The number of sulfone groups is 1. The van der Waals surface area contributed by atoms with E-state index in [0.29, 0.717) is 12.1 Å². The summed E-state index contributed by atoms with van der Waals surface area (Å²) in [4.78, 5) is 12.1. The van der Waals surface area contributed by atoms with Crippen LogP contribution in [0.2, 0.25) is 0 Å². The molecule has 0 aliphatic carbocycles. The topological polar surface area (TPSA) is 107 Å². The van der Waals surface area contributed by atoms with Gasteiger partial charge in [0.1, 0.15) is 6.33 Å². The molecular formula is C13H15N5O3S. The first-order valence-electron chi connectivity index (χ1n) is 6.80. The Hall–Kier alpha value is -2.29. The van der Waals surface area contributed by atoms with Crippen molar-refractivity contribution in [1.29, 1.82) is 0 Å². The van der Waals surface area contributed by atoms with E-state index in [-0.39, 0.29) is 17.4 Å². The predicted molar refractivity (Wildman–Crippen MR) is 79.3 cm³/mol. The number of benzene rings is 1. The number of nitrogens with zero attached hydrogens (tertiary/aromatic N) is 4. The molecule has 0 spiro atoms. The number of rotatable bonds is 3. The number of tetrazole rings is 1. The standard InChI is InChI=1S/C13H15N5O3S/c1-9-6-11(2-3-12(9)18-8-14-16-17-18)15-13(19)10-4-5-22(20,21)7-10/h2-3,6,8,10H,4-5,7H2,1H3,(H,15,19). The Kier molecular flexibility index (Phi) is 3.65. The Morgan fingerprint density at radius 1 is 1.41 bits per heavy atom. The lowest BCUT2D eigenvalue weighted by molar-refractivity contribution is -0.119. The minimum absolute atomic E-state index is 0.0689. The Bertz CT molecular complexity index is 801. The van der Waals surface area contributed by atoms with Crippen LogP contribution in [-0.4, -0.2) is 46.0 Å². The molecule has 1 atom stereocenters. The van der Waals surface area contributed by atoms with Crippen LogP contribution in [-0.2, 0) is 14.6 Å². The summed E-state index contributed by atoms with van der Waals surface area (Å²) in [6.07, 6.45) is 1.87. The molecule has 1 fully saturated rings. The molecule has 2 heterocycles. The van der Waals surface area contributed by atoms with E-state index in [2.05, 4.69) is 20.8 Å². The number of anilines is 1. The van der Waals surface area contributed by atoms with E-state index in [1.807, 2.05) is 6.92 Å². The van der Waals surface area contributed by atoms with Gasteiger partial charge < -0.3 is 5.32 Å². The quantitative estimate of drug-likeness (QED) is 0.874. The lowest BCUT2D eigenvalue weighted by Gasteiger charge is -2.11. The van der Waals surface area contributed by atoms with Crippen molar-refractivity contribution in [3.8, 4) is 5.69 Å². The normalized spacial score (nSPS) is 20.0. The van der Waals surface area contributed by atoms with Crippen LogP contribution in [0.25, 0.3) is 5.69 Å². The fourth-order valence-electron chi connectivity index (χ4n) is 2.51. The van der Waals surface area contributed by atoms with Crippen molar-refractivity contribution < 1.29 is 13.2 Å². The lowest BCUT2D eigenvalue weighted by atomic mass is 10.1. The minimum Gasteiger partial charge on any atom is -0.326 e. The molecule has 1 saturated heterocycles. The summed E-state index contributed by atoms with van der Waals surface area (Å²) in [6.45, 7) is 1.88. The predicted octanol–water partition coefficient (Wildman–Crippen LogP) is 0.344. The summed E-state index contributed by atoms with van der Waals surface area (Å²) in [6, 6.07) is 5.34. The first kappa shape index (κ1) is 14.6. The SMILES string of the molecule is Cc1cc(NC(=O)C2CCS(=O)(=O)C2)ccc1-n1cnnn1. The summed E-state index contributed by atoms with van der Waals surface area (Å²) >= 11 is 0. The largest absolute Gasteiger partial charge is 0.326 e. The maximum atomic E-state index is 12.1. The second-order valence-corrected chi connectivity index (χ2v) is 7.57. The molecule has 0 radical (unpaired) electrons. The van der Waals surface area contributed by atoms with E-state index in [9.17, 15) is 13.2 Å². The van der Waals surface area contributed by atoms with Gasteiger partial charge in [0.05, 0.1) is 23.1 Å². The van der Waals surface area contributed by atoms with Crippen LogP contribution in [0.4, 0.5) is 5.69 Å². The number of aryl methyl sites for hydroxylation is 1. The highest BCUT2D eigenvalue weighted by Gasteiger charge is 2.32. The molecule has 116 valence electrons. The van der Waals surface area contributed by atoms with Gasteiger partial charge >= 0.3 is 0 Å². The van der Waals surface area contributed by atoms with Gasteiger partial charge in [0, 0.05) is 5.69 Å². The second kappa shape index (κ2) is 5.48. The summed E-state index contributed by atoms with van der Waals surface area (Å²) in [7, 11) is -3.06. The van der Waals surface area contributed by atoms with Crippen molar-refractivity contribution in [2.24, 2.45) is 5.92 Å². The maximum Gasteiger partial charge on any atom is 0.228 e. The Labute approximate surface area is 127 Å². The molecule has 8 nitrogen and oxygen atoms in total. The Balaban J connectivity index is 1.74. The van der Waals surface area contributed by atoms with Crippen molar-refractivity contribution in [3.63, 3.8) is 0 Å². The number of amides is 1. The van der Waals surface area contributed by atoms with Crippen LogP contribution in [0.1, 0.15) is 12.0 Å². The van der Waals surface area contributed by atoms with Gasteiger partial charge in [-0.2, -0.15) is 0 Å². The van der Waals surface area contributed by atoms with Crippen molar-refractivity contribution in [2.45, 2.75) is 13.3 Å². The first-order valence-corrected chi connectivity index (χ1v) is 8.62. The van der Waals surface area contributed by atoms with Crippen LogP contribution in [0.15, 0.2) is 24.5 Å². The molecule has 1 aromatic heterocycles. The minimum atomic E-state index is -3.06. The molecule has 22 heavy (non-hydrogen) atoms. The molecule has 1 aromatic carbocycles. The van der Waals surface area contributed by atoms with E-state index in [1.165, 1.54) is 11.0 Å². The molecule has 9 heteroatoms. The molecule has 1 N–H and O–H groups in total. The van der Waals surface area contributed by atoms with Gasteiger partial charge in [-0.25, -0.2) is 13.1 Å². The zero-order valence-electron chi connectivity index (χ0n) is 11.9. The highest BCUT2D eigenvalue weighted by atomic mass is 32.2. The van der Waals surface area contributed by atoms with E-state index in [0.717, 1.165) is 11.3 Å². The van der Waals surface area contributed by atoms with Crippen LogP contribution in [0, 0.1) is 12.8 Å². The molecule has 1 aliphatic rings. The van der Waals surface area contributed by atoms with E-state index >= 15 is 0 Å². The first-order chi connectivity index (χ1) is 10.4. The third kappa shape index (κ3) is 2.98. The smallest absolute Gasteiger partial charge is 0.228 e. The lowest BCUT2D eigenvalue weighted by Crippen LogP contribution is -2.23. The van der Waals surface area contributed by atoms with E-state index in [4.69, 9.17) is 0 Å². The fourth-order valence-corrected chi connectivity index (χ4v) is 4.25. The molecule has 1 unspecified atom stereocenters. The van der Waals surface area contributed by atoms with Crippen molar-refractivity contribution >= 4 is 21.4 Å². The third-order valence-corrected chi connectivity index (χ3v) is 5.43. The highest BCUT2D eigenvalue weighted by molar-refractivity contribution is 7.91. The van der Waals surface area contributed by atoms with Gasteiger partial charge in [0.2, 0.25) is 5.91 Å². The van der Waals surface area contributed by atoms with Gasteiger partial charge in [-0.1, -0.05) is 0 Å². The van der Waals surface area contributed by atoms with Gasteiger partial charge in [-0.05, 0) is 47.5 Å². The summed E-state index contributed by atoms with van der Waals surface area (Å²) in [5, 5.41) is 13.8. The fraction of sp³-hybridized carbons (Fsp3) is 0.385. The number of nitrogens with one attached hydrogen (secondary N) is 1. The number of hydrogen-bond donors (Lipinski definition) is 1. The number of carbonyl (C=O) groups excluding carboxylic acids is 1. The van der Waals surface area contributed by atoms with Crippen LogP contribution >= 0.6 is 0 Å². The Morgan fingerprint density at radius 3 is 2.82 bits per heavy atom. The molecule has 1 amide bonds. The highest BCUT2D eigenvalue weighted by Crippen LogP contribution is 2.22. The molecule has 0 bridgehead atoms. The molecule has 3 rings (SSSR count). The van der Waals surface area contributed by atoms with E-state index in [1.54, 1.807) is 18.2 Å². The van der Waals surface area contributed by atoms with E-state index < -0.39 is 15.8 Å². The van der Waals surface area contributed by atoms with Crippen LogP contribution in [0.3, 0.4) is 0 Å². The average Bonchev–Trinajstić information content (AvgIpc) is 3.08. The van der Waals surface area contributed by atoms with Crippen LogP contribution in [0.5, 0.6) is 0 Å². The summed E-state index contributed by atoms with van der Waals surface area (Å²) < 4.78 is 24.4. The van der Waals surface area contributed by atoms with Gasteiger partial charge in [0.15, 0.2) is 9.84 Å². The third-order valence-electron chi connectivity index (χ3n) is 3.66. The molecule has 0 saturated carbocycles. The van der Waals surface area contributed by atoms with Crippen molar-refractivity contribution in [2.75, 3.05) is 16.8 Å². The molecular weight excluding hydrogens is 306 g/mol. The van der Waals surface area contributed by atoms with Gasteiger partial charge in [0.25, 0.3) is 0 Å². The van der Waals surface area contributed by atoms with Gasteiger partial charge in [-0.3, -0.25) is 4.79 Å². The molecule has 1 aliphatic heterocycles. The number of hydrogen-bond acceptors (Lipinski definition) is 6. The molecule has 2 aromatic rings. The zero-order valence-corrected chi connectivity index (χ0v) is 12.7. The summed E-state index contributed by atoms with van der Waals surface area (Å²) in [5.41, 5.74) is 2.33. The monoisotopic (exact) mass is 321 g/mol. The van der Waals surface area contributed by atoms with Crippen LogP contribution < -0.4 is 5.32 Å². The Morgan fingerprint density at radius 2 is 2.23 bits per heavy atom. The van der Waals surface area contributed by atoms with Crippen molar-refractivity contribution in [3.05, 3.63) is 30.1 Å². The summed E-state index contributed by atoms with van der Waals surface area (Å²) in [5.74, 6) is -0.705. The maximum absolute atomic E-state index is 12.1. The second-order valence-electron chi connectivity index (χ2n) is 5.34.